The van der Waals surface area contributed by atoms with Gasteiger partial charge in [-0.3, -0.25) is 4.98 Å². The number of hydrogen-bond acceptors (Lipinski definition) is 7. The highest BCUT2D eigenvalue weighted by Crippen LogP contribution is 2.37. The Hall–Kier alpha value is -3.00. The van der Waals surface area contributed by atoms with Crippen LogP contribution in [0.5, 0.6) is 17.2 Å². The molecule has 0 saturated carbocycles. The molecule has 7 nitrogen and oxygen atoms in total. The summed E-state index contributed by atoms with van der Waals surface area (Å²) in [6.45, 7) is 3.98. The number of pyridine rings is 1. The number of nitrogens with zero attached hydrogens (tertiary/aromatic N) is 4. The molecule has 8 heteroatoms. The molecule has 4 rings (SSSR count). The van der Waals surface area contributed by atoms with Crippen LogP contribution in [0.25, 0.3) is 20.8 Å². The Morgan fingerprint density at radius 2 is 2.00 bits per heavy atom. The largest absolute Gasteiger partial charge is 0.491 e. The van der Waals surface area contributed by atoms with Crippen LogP contribution >= 0.6 is 11.3 Å². The Morgan fingerprint density at radius 3 is 2.80 bits per heavy atom. The minimum atomic E-state index is 0.107. The van der Waals surface area contributed by atoms with Gasteiger partial charge in [0.25, 0.3) is 0 Å². The number of fused-ring (bicyclic) bond motifs is 1. The SMILES string of the molecule is CC(C)Oc1cccc(Oc2cncc3sc(-c4nnn[nH]4)cc23)c1. The molecule has 4 aromatic rings. The minimum absolute atomic E-state index is 0.107. The predicted octanol–water partition coefficient (Wildman–Crippen LogP) is 4.06. The van der Waals surface area contributed by atoms with Crippen LogP contribution < -0.4 is 9.47 Å². The number of benzene rings is 1. The Morgan fingerprint density at radius 1 is 1.12 bits per heavy atom. The second-order valence-electron chi connectivity index (χ2n) is 5.65. The van der Waals surface area contributed by atoms with Gasteiger partial charge in [-0.1, -0.05) is 6.07 Å². The minimum Gasteiger partial charge on any atom is -0.491 e. The van der Waals surface area contributed by atoms with Crippen molar-refractivity contribution < 1.29 is 9.47 Å². The number of thiophene rings is 1. The molecule has 1 N–H and O–H groups in total. The number of tetrazole rings is 1. The van der Waals surface area contributed by atoms with Crippen molar-refractivity contribution in [1.82, 2.24) is 25.6 Å². The monoisotopic (exact) mass is 353 g/mol. The number of hydrogen-bond donors (Lipinski definition) is 1. The Labute approximate surface area is 147 Å². The Kier molecular flexibility index (Phi) is 4.02. The number of nitrogens with one attached hydrogen (secondary N) is 1. The standard InChI is InChI=1S/C17H15N5O2S/c1-10(2)23-11-4-3-5-12(6-11)24-14-8-18-9-16-13(14)7-15(25-16)17-19-21-22-20-17/h3-10H,1-2H3,(H,19,20,21,22). The van der Waals surface area contributed by atoms with Gasteiger partial charge in [0.2, 0.25) is 0 Å². The van der Waals surface area contributed by atoms with Crippen molar-refractivity contribution >= 4 is 21.4 Å². The molecule has 0 spiro atoms. The normalized spacial score (nSPS) is 11.2. The van der Waals surface area contributed by atoms with E-state index < -0.39 is 0 Å². The third-order valence-corrected chi connectivity index (χ3v) is 4.47. The molecule has 0 aliphatic carbocycles. The van der Waals surface area contributed by atoms with E-state index in [2.05, 4.69) is 25.6 Å². The predicted molar refractivity (Wildman–Crippen MR) is 95.1 cm³/mol. The molecule has 0 fully saturated rings. The average molecular weight is 353 g/mol. The van der Waals surface area contributed by atoms with Gasteiger partial charge in [0.15, 0.2) is 11.6 Å². The van der Waals surface area contributed by atoms with E-state index in [1.807, 2.05) is 44.2 Å². The molecule has 0 aliphatic rings. The highest BCUT2D eigenvalue weighted by Gasteiger charge is 2.12. The summed E-state index contributed by atoms with van der Waals surface area (Å²) in [5.41, 5.74) is 0. The van der Waals surface area contributed by atoms with E-state index in [9.17, 15) is 0 Å². The van der Waals surface area contributed by atoms with Crippen molar-refractivity contribution in [3.8, 4) is 28.0 Å². The van der Waals surface area contributed by atoms with Gasteiger partial charge in [-0.15, -0.1) is 16.4 Å². The number of rotatable bonds is 5. The second kappa shape index (κ2) is 6.48. The fourth-order valence-electron chi connectivity index (χ4n) is 2.41. The van der Waals surface area contributed by atoms with Gasteiger partial charge in [-0.05, 0) is 42.5 Å². The van der Waals surface area contributed by atoms with Crippen LogP contribution in [-0.4, -0.2) is 31.7 Å². The third-order valence-electron chi connectivity index (χ3n) is 3.39. The highest BCUT2D eigenvalue weighted by molar-refractivity contribution is 7.22. The summed E-state index contributed by atoms with van der Waals surface area (Å²) in [7, 11) is 0. The summed E-state index contributed by atoms with van der Waals surface area (Å²) in [5, 5.41) is 14.9. The topological polar surface area (TPSA) is 85.8 Å². The van der Waals surface area contributed by atoms with Crippen LogP contribution in [0.15, 0.2) is 42.7 Å². The molecule has 3 aromatic heterocycles. The fourth-order valence-corrected chi connectivity index (χ4v) is 3.39. The Bertz CT molecular complexity index is 997. The summed E-state index contributed by atoms with van der Waals surface area (Å²) >= 11 is 1.55. The van der Waals surface area contributed by atoms with E-state index in [4.69, 9.17) is 9.47 Å². The van der Waals surface area contributed by atoms with E-state index >= 15 is 0 Å². The molecule has 0 amide bonds. The van der Waals surface area contributed by atoms with Crippen LogP contribution in [0.3, 0.4) is 0 Å². The second-order valence-corrected chi connectivity index (χ2v) is 6.74. The maximum Gasteiger partial charge on any atom is 0.189 e. The maximum atomic E-state index is 6.05. The van der Waals surface area contributed by atoms with Crippen LogP contribution in [-0.2, 0) is 0 Å². The van der Waals surface area contributed by atoms with E-state index in [1.54, 1.807) is 23.7 Å². The number of H-pyrrole nitrogens is 1. The molecule has 25 heavy (non-hydrogen) atoms. The lowest BCUT2D eigenvalue weighted by Crippen LogP contribution is -2.05. The van der Waals surface area contributed by atoms with Gasteiger partial charge in [0.1, 0.15) is 11.5 Å². The lowest BCUT2D eigenvalue weighted by atomic mass is 10.2. The van der Waals surface area contributed by atoms with Crippen molar-refractivity contribution in [1.29, 1.82) is 0 Å². The van der Waals surface area contributed by atoms with Gasteiger partial charge in [-0.2, -0.15) is 0 Å². The van der Waals surface area contributed by atoms with E-state index in [0.29, 0.717) is 17.3 Å². The summed E-state index contributed by atoms with van der Waals surface area (Å²) < 4.78 is 12.8. The average Bonchev–Trinajstić information content (AvgIpc) is 3.24. The zero-order chi connectivity index (χ0) is 17.2. The highest BCUT2D eigenvalue weighted by atomic mass is 32.1. The van der Waals surface area contributed by atoms with Crippen molar-refractivity contribution in [2.75, 3.05) is 0 Å². The van der Waals surface area contributed by atoms with E-state index in [1.165, 1.54) is 0 Å². The smallest absolute Gasteiger partial charge is 0.189 e. The lowest BCUT2D eigenvalue weighted by Gasteiger charge is -2.11. The summed E-state index contributed by atoms with van der Waals surface area (Å²) in [5.74, 6) is 2.77. The molecule has 3 heterocycles. The molecule has 0 unspecified atom stereocenters. The van der Waals surface area contributed by atoms with Gasteiger partial charge >= 0.3 is 0 Å². The molecule has 0 atom stereocenters. The molecule has 0 bridgehead atoms. The molecule has 0 saturated heterocycles. The zero-order valence-electron chi connectivity index (χ0n) is 13.6. The van der Waals surface area contributed by atoms with Gasteiger partial charge in [0, 0.05) is 17.6 Å². The van der Waals surface area contributed by atoms with Gasteiger partial charge in [-0.25, -0.2) is 5.10 Å². The first-order chi connectivity index (χ1) is 12.2. The molecule has 126 valence electrons. The van der Waals surface area contributed by atoms with Crippen molar-refractivity contribution in [3.63, 3.8) is 0 Å². The number of ether oxygens (including phenoxy) is 2. The van der Waals surface area contributed by atoms with Crippen LogP contribution in [0, 0.1) is 0 Å². The number of aromatic amines is 1. The van der Waals surface area contributed by atoms with Crippen molar-refractivity contribution in [3.05, 3.63) is 42.7 Å². The van der Waals surface area contributed by atoms with Crippen molar-refractivity contribution in [2.45, 2.75) is 20.0 Å². The van der Waals surface area contributed by atoms with Gasteiger partial charge < -0.3 is 9.47 Å². The zero-order valence-corrected chi connectivity index (χ0v) is 14.4. The third kappa shape index (κ3) is 3.29. The van der Waals surface area contributed by atoms with Gasteiger partial charge in [0.05, 0.1) is 21.9 Å². The summed E-state index contributed by atoms with van der Waals surface area (Å²) in [6, 6.07) is 9.56. The lowest BCUT2D eigenvalue weighted by molar-refractivity contribution is 0.241. The quantitative estimate of drug-likeness (QED) is 0.582. The molecular weight excluding hydrogens is 338 g/mol. The van der Waals surface area contributed by atoms with Crippen LogP contribution in [0.4, 0.5) is 0 Å². The molecule has 0 aliphatic heterocycles. The van der Waals surface area contributed by atoms with E-state index in [0.717, 1.165) is 20.7 Å². The summed E-state index contributed by atoms with van der Waals surface area (Å²) in [6.07, 6.45) is 3.61. The van der Waals surface area contributed by atoms with Crippen molar-refractivity contribution in [2.24, 2.45) is 0 Å². The first kappa shape index (κ1) is 15.5. The fraction of sp³-hybridized carbons (Fsp3) is 0.176. The molecular formula is C17H15N5O2S. The van der Waals surface area contributed by atoms with Crippen LogP contribution in [0.1, 0.15) is 13.8 Å². The summed E-state index contributed by atoms with van der Waals surface area (Å²) in [4.78, 5) is 5.19. The van der Waals surface area contributed by atoms with E-state index in [-0.39, 0.29) is 6.10 Å². The maximum absolute atomic E-state index is 6.05. The molecule has 1 aromatic carbocycles. The molecule has 0 radical (unpaired) electrons. The Balaban J connectivity index is 1.68. The van der Waals surface area contributed by atoms with Crippen LogP contribution in [0.2, 0.25) is 0 Å². The first-order valence-electron chi connectivity index (χ1n) is 7.75. The first-order valence-corrected chi connectivity index (χ1v) is 8.57. The number of aromatic nitrogens is 5.